The Hall–Kier alpha value is -1.18. The van der Waals surface area contributed by atoms with Crippen LogP contribution in [0.3, 0.4) is 0 Å². The van der Waals surface area contributed by atoms with E-state index in [1.54, 1.807) is 0 Å². The van der Waals surface area contributed by atoms with Gasteiger partial charge in [0, 0.05) is 12.6 Å². The van der Waals surface area contributed by atoms with Crippen LogP contribution in [0.2, 0.25) is 0 Å². The van der Waals surface area contributed by atoms with Crippen LogP contribution in [0.25, 0.3) is 0 Å². The molecule has 0 aliphatic carbocycles. The molecule has 2 nitrogen and oxygen atoms in total. The molecular weight excluding hydrogens is 210 g/mol. The maximum atomic E-state index is 5.81. The molecule has 0 saturated carbocycles. The number of fused-ring (bicyclic) bond motifs is 3. The third-order valence-corrected chi connectivity index (χ3v) is 4.04. The van der Waals surface area contributed by atoms with E-state index in [1.165, 1.54) is 49.9 Å². The fourth-order valence-corrected chi connectivity index (χ4v) is 3.28. The van der Waals surface area contributed by atoms with Crippen LogP contribution in [0.15, 0.2) is 18.2 Å². The van der Waals surface area contributed by atoms with Gasteiger partial charge >= 0.3 is 0 Å². The zero-order valence-corrected chi connectivity index (χ0v) is 10.6. The highest BCUT2D eigenvalue weighted by Gasteiger charge is 2.30. The average Bonchev–Trinajstić information content (AvgIpc) is 2.39. The molecule has 1 fully saturated rings. The van der Waals surface area contributed by atoms with Crippen LogP contribution < -0.4 is 9.64 Å². The second-order valence-electron chi connectivity index (χ2n) is 5.08. The summed E-state index contributed by atoms with van der Waals surface area (Å²) in [4.78, 5) is 2.60. The van der Waals surface area contributed by atoms with Gasteiger partial charge in [-0.25, -0.2) is 0 Å². The lowest BCUT2D eigenvalue weighted by Gasteiger charge is -2.42. The van der Waals surface area contributed by atoms with Crippen molar-refractivity contribution in [2.24, 2.45) is 0 Å². The summed E-state index contributed by atoms with van der Waals surface area (Å²) in [5.41, 5.74) is 2.87. The van der Waals surface area contributed by atoms with Crippen LogP contribution in [0, 0.1) is 0 Å². The van der Waals surface area contributed by atoms with Crippen molar-refractivity contribution >= 4 is 5.69 Å². The van der Waals surface area contributed by atoms with Crippen molar-refractivity contribution in [1.82, 2.24) is 0 Å². The molecule has 2 aliphatic rings. The van der Waals surface area contributed by atoms with E-state index >= 15 is 0 Å². The highest BCUT2D eigenvalue weighted by molar-refractivity contribution is 5.66. The Kier molecular flexibility index (Phi) is 2.96. The molecule has 1 saturated heterocycles. The first-order valence-corrected chi connectivity index (χ1v) is 6.91. The molecule has 0 N–H and O–H groups in total. The highest BCUT2D eigenvalue weighted by Crippen LogP contribution is 2.41. The highest BCUT2D eigenvalue weighted by atomic mass is 16.5. The van der Waals surface area contributed by atoms with Crippen LogP contribution in [0.5, 0.6) is 5.75 Å². The van der Waals surface area contributed by atoms with E-state index in [-0.39, 0.29) is 0 Å². The van der Waals surface area contributed by atoms with Crippen LogP contribution in [-0.4, -0.2) is 19.2 Å². The van der Waals surface area contributed by atoms with E-state index in [1.807, 2.05) is 0 Å². The second kappa shape index (κ2) is 4.59. The standard InChI is InChI=1S/C15H21NO/c1-2-17-14-8-5-6-12-9-10-13-7-3-4-11-16(13)15(12)14/h5-6,8,13H,2-4,7,9-11H2,1H3. The number of benzene rings is 1. The van der Waals surface area contributed by atoms with Gasteiger partial charge in [-0.2, -0.15) is 0 Å². The molecule has 0 amide bonds. The van der Waals surface area contributed by atoms with Crippen LogP contribution in [0.4, 0.5) is 5.69 Å². The minimum Gasteiger partial charge on any atom is -0.492 e. The van der Waals surface area contributed by atoms with Crippen molar-refractivity contribution in [2.45, 2.75) is 45.1 Å². The summed E-state index contributed by atoms with van der Waals surface area (Å²) in [5.74, 6) is 1.09. The Morgan fingerprint density at radius 3 is 3.12 bits per heavy atom. The first-order chi connectivity index (χ1) is 8.40. The summed E-state index contributed by atoms with van der Waals surface area (Å²) in [5, 5.41) is 0. The van der Waals surface area contributed by atoms with Gasteiger partial charge in [-0.05, 0) is 50.7 Å². The molecule has 1 atom stereocenters. The van der Waals surface area contributed by atoms with Crippen LogP contribution in [0.1, 0.15) is 38.2 Å². The molecule has 2 heteroatoms. The molecule has 0 aromatic heterocycles. The zero-order valence-electron chi connectivity index (χ0n) is 10.6. The number of nitrogens with zero attached hydrogens (tertiary/aromatic N) is 1. The van der Waals surface area contributed by atoms with Crippen molar-refractivity contribution < 1.29 is 4.74 Å². The number of aryl methyl sites for hydroxylation is 1. The normalized spacial score (nSPS) is 22.9. The van der Waals surface area contributed by atoms with Gasteiger partial charge in [-0.1, -0.05) is 12.1 Å². The van der Waals surface area contributed by atoms with Crippen molar-refractivity contribution in [3.63, 3.8) is 0 Å². The van der Waals surface area contributed by atoms with E-state index in [2.05, 4.69) is 30.0 Å². The Morgan fingerprint density at radius 2 is 2.24 bits per heavy atom. The fourth-order valence-electron chi connectivity index (χ4n) is 3.28. The summed E-state index contributed by atoms with van der Waals surface area (Å²) in [7, 11) is 0. The number of anilines is 1. The summed E-state index contributed by atoms with van der Waals surface area (Å²) in [6.07, 6.45) is 6.63. The maximum Gasteiger partial charge on any atom is 0.142 e. The molecule has 1 aromatic carbocycles. The molecule has 2 aliphatic heterocycles. The second-order valence-corrected chi connectivity index (χ2v) is 5.08. The van der Waals surface area contributed by atoms with Crippen LogP contribution >= 0.6 is 0 Å². The lowest BCUT2D eigenvalue weighted by atomic mass is 9.89. The van der Waals surface area contributed by atoms with Gasteiger partial charge in [0.2, 0.25) is 0 Å². The third kappa shape index (κ3) is 1.90. The van der Waals surface area contributed by atoms with Crippen molar-refractivity contribution in [1.29, 1.82) is 0 Å². The van der Waals surface area contributed by atoms with Gasteiger partial charge in [0.05, 0.1) is 12.3 Å². The zero-order chi connectivity index (χ0) is 11.7. The molecule has 0 radical (unpaired) electrons. The van der Waals surface area contributed by atoms with E-state index in [4.69, 9.17) is 4.74 Å². The van der Waals surface area contributed by atoms with E-state index in [9.17, 15) is 0 Å². The number of piperidine rings is 1. The molecule has 1 unspecified atom stereocenters. The van der Waals surface area contributed by atoms with Gasteiger partial charge < -0.3 is 9.64 Å². The Balaban J connectivity index is 2.00. The number of hydrogen-bond donors (Lipinski definition) is 0. The third-order valence-electron chi connectivity index (χ3n) is 4.04. The fraction of sp³-hybridized carbons (Fsp3) is 0.600. The number of para-hydroxylation sites is 1. The minimum absolute atomic E-state index is 0.759. The summed E-state index contributed by atoms with van der Waals surface area (Å²) in [6.45, 7) is 4.03. The first-order valence-electron chi connectivity index (χ1n) is 6.91. The molecule has 92 valence electrons. The Morgan fingerprint density at radius 1 is 1.29 bits per heavy atom. The van der Waals surface area contributed by atoms with Gasteiger partial charge in [-0.15, -0.1) is 0 Å². The van der Waals surface area contributed by atoms with Gasteiger partial charge in [0.15, 0.2) is 0 Å². The van der Waals surface area contributed by atoms with Gasteiger partial charge in [0.25, 0.3) is 0 Å². The van der Waals surface area contributed by atoms with E-state index < -0.39 is 0 Å². The SMILES string of the molecule is CCOc1cccc2c1N1CCCCC1CC2. The first kappa shape index (κ1) is 10.9. The number of rotatable bonds is 2. The van der Waals surface area contributed by atoms with Gasteiger partial charge in [-0.3, -0.25) is 0 Å². The minimum atomic E-state index is 0.759. The topological polar surface area (TPSA) is 12.5 Å². The average molecular weight is 231 g/mol. The smallest absolute Gasteiger partial charge is 0.142 e. The predicted octanol–water partition coefficient (Wildman–Crippen LogP) is 3.39. The van der Waals surface area contributed by atoms with E-state index in [0.29, 0.717) is 0 Å². The van der Waals surface area contributed by atoms with Crippen molar-refractivity contribution in [2.75, 3.05) is 18.1 Å². The lowest BCUT2D eigenvalue weighted by molar-refractivity contribution is 0.333. The molecule has 0 bridgehead atoms. The number of hydrogen-bond acceptors (Lipinski definition) is 2. The molecular formula is C15H21NO. The number of ether oxygens (including phenoxy) is 1. The predicted molar refractivity (Wildman–Crippen MR) is 70.9 cm³/mol. The Labute approximate surface area is 104 Å². The summed E-state index contributed by atoms with van der Waals surface area (Å²) >= 11 is 0. The molecule has 17 heavy (non-hydrogen) atoms. The molecule has 0 spiro atoms. The Bertz CT molecular complexity index is 402. The van der Waals surface area contributed by atoms with Gasteiger partial charge in [0.1, 0.15) is 5.75 Å². The monoisotopic (exact) mass is 231 g/mol. The lowest BCUT2D eigenvalue weighted by Crippen LogP contribution is -2.43. The summed E-state index contributed by atoms with van der Waals surface area (Å²) < 4.78 is 5.81. The molecule has 3 rings (SSSR count). The maximum absolute atomic E-state index is 5.81. The quantitative estimate of drug-likeness (QED) is 0.773. The van der Waals surface area contributed by atoms with Crippen molar-refractivity contribution in [3.8, 4) is 5.75 Å². The molecule has 2 heterocycles. The largest absolute Gasteiger partial charge is 0.492 e. The van der Waals surface area contributed by atoms with Crippen molar-refractivity contribution in [3.05, 3.63) is 23.8 Å². The summed E-state index contributed by atoms with van der Waals surface area (Å²) in [6, 6.07) is 7.29. The van der Waals surface area contributed by atoms with Crippen LogP contribution in [-0.2, 0) is 6.42 Å². The van der Waals surface area contributed by atoms with E-state index in [0.717, 1.165) is 18.4 Å². The molecule has 1 aromatic rings.